The van der Waals surface area contributed by atoms with Crippen LogP contribution >= 0.6 is 11.8 Å². The van der Waals surface area contributed by atoms with Crippen molar-refractivity contribution in [1.29, 1.82) is 5.26 Å². The summed E-state index contributed by atoms with van der Waals surface area (Å²) in [6.45, 7) is 1.91. The number of carbonyl (C=O) groups excluding carboxylic acids is 2. The van der Waals surface area contributed by atoms with Crippen molar-refractivity contribution in [3.05, 3.63) is 35.9 Å². The molecular weight excluding hydrogens is 380 g/mol. The van der Waals surface area contributed by atoms with E-state index in [0.717, 1.165) is 17.3 Å². The molecule has 0 radical (unpaired) electrons. The van der Waals surface area contributed by atoms with Gasteiger partial charge in [-0.15, -0.1) is 0 Å². The van der Waals surface area contributed by atoms with Gasteiger partial charge in [0.15, 0.2) is 17.3 Å². The normalized spacial score (nSPS) is 10.1. The monoisotopic (exact) mass is 400 g/mol. The molecule has 0 amide bonds. The summed E-state index contributed by atoms with van der Waals surface area (Å²) in [5.41, 5.74) is 1.76. The first-order valence-electron chi connectivity index (χ1n) is 8.46. The predicted octanol–water partition coefficient (Wildman–Crippen LogP) is 3.25. The van der Waals surface area contributed by atoms with Crippen molar-refractivity contribution in [1.82, 2.24) is 4.98 Å². The Kier molecular flexibility index (Phi) is 7.84. The number of pyridine rings is 1. The molecule has 0 atom stereocenters. The number of nitriles is 1. The fourth-order valence-corrected chi connectivity index (χ4v) is 3.20. The van der Waals surface area contributed by atoms with Crippen LogP contribution in [0.25, 0.3) is 11.3 Å². The van der Waals surface area contributed by atoms with Crippen molar-refractivity contribution >= 4 is 23.5 Å². The molecule has 0 N–H and O–H groups in total. The lowest BCUT2D eigenvalue weighted by atomic mass is 10.1. The van der Waals surface area contributed by atoms with Crippen molar-refractivity contribution in [2.24, 2.45) is 0 Å². The van der Waals surface area contributed by atoms with Crippen LogP contribution in [0.4, 0.5) is 0 Å². The second kappa shape index (κ2) is 10.3. The highest BCUT2D eigenvalue weighted by Gasteiger charge is 2.14. The van der Waals surface area contributed by atoms with E-state index in [4.69, 9.17) is 14.2 Å². The lowest BCUT2D eigenvalue weighted by Gasteiger charge is -2.10. The number of Topliss-reactive ketones (excluding diaryl/α,β-unsaturated/α-hetero) is 1. The van der Waals surface area contributed by atoms with E-state index in [1.165, 1.54) is 0 Å². The first-order chi connectivity index (χ1) is 13.5. The van der Waals surface area contributed by atoms with Gasteiger partial charge in [-0.1, -0.05) is 11.8 Å². The lowest BCUT2D eigenvalue weighted by Crippen LogP contribution is -2.12. The Morgan fingerprint density at radius 2 is 1.89 bits per heavy atom. The van der Waals surface area contributed by atoms with Crippen LogP contribution < -0.4 is 9.47 Å². The molecule has 0 bridgehead atoms. The molecule has 146 valence electrons. The summed E-state index contributed by atoms with van der Waals surface area (Å²) in [6, 6.07) is 10.8. The van der Waals surface area contributed by atoms with E-state index < -0.39 is 5.97 Å². The molecule has 0 aliphatic carbocycles. The van der Waals surface area contributed by atoms with Gasteiger partial charge < -0.3 is 14.2 Å². The van der Waals surface area contributed by atoms with Crippen LogP contribution in [0, 0.1) is 11.3 Å². The second-order valence-corrected chi connectivity index (χ2v) is 6.50. The maximum atomic E-state index is 11.9. The number of benzene rings is 1. The van der Waals surface area contributed by atoms with Gasteiger partial charge in [-0.2, -0.15) is 5.26 Å². The van der Waals surface area contributed by atoms with E-state index in [0.29, 0.717) is 27.8 Å². The van der Waals surface area contributed by atoms with Crippen LogP contribution in [0.1, 0.15) is 18.9 Å². The van der Waals surface area contributed by atoms with Crippen molar-refractivity contribution < 1.29 is 23.8 Å². The van der Waals surface area contributed by atoms with Gasteiger partial charge >= 0.3 is 5.97 Å². The number of ketones is 1. The van der Waals surface area contributed by atoms with Crippen LogP contribution in [0.3, 0.4) is 0 Å². The molecule has 0 fully saturated rings. The van der Waals surface area contributed by atoms with Crippen molar-refractivity contribution in [2.75, 3.05) is 26.6 Å². The summed E-state index contributed by atoms with van der Waals surface area (Å²) in [7, 11) is 3.10. The first kappa shape index (κ1) is 21.3. The number of methoxy groups -OCH3 is 2. The molecule has 0 unspecified atom stereocenters. The van der Waals surface area contributed by atoms with E-state index in [2.05, 4.69) is 11.1 Å². The summed E-state index contributed by atoms with van der Waals surface area (Å²) < 4.78 is 15.3. The Morgan fingerprint density at radius 3 is 2.54 bits per heavy atom. The molecular formula is C20H20N2O5S. The summed E-state index contributed by atoms with van der Waals surface area (Å²) in [5.74, 6) is 0.339. The van der Waals surface area contributed by atoms with Crippen LogP contribution in [0.5, 0.6) is 11.5 Å². The second-order valence-electron chi connectivity index (χ2n) is 5.54. The van der Waals surface area contributed by atoms with E-state index in [1.54, 1.807) is 45.4 Å². The summed E-state index contributed by atoms with van der Waals surface area (Å²) in [5, 5.41) is 9.74. The molecule has 1 aromatic carbocycles. The van der Waals surface area contributed by atoms with Crippen LogP contribution in [0.15, 0.2) is 35.4 Å². The smallest absolute Gasteiger partial charge is 0.313 e. The summed E-state index contributed by atoms with van der Waals surface area (Å²) >= 11 is 1.12. The summed E-state index contributed by atoms with van der Waals surface area (Å²) in [4.78, 5) is 27.9. The van der Waals surface area contributed by atoms with Crippen molar-refractivity contribution in [3.63, 3.8) is 0 Å². The van der Waals surface area contributed by atoms with Crippen LogP contribution in [-0.4, -0.2) is 43.3 Å². The topological polar surface area (TPSA) is 98.5 Å². The van der Waals surface area contributed by atoms with E-state index >= 15 is 0 Å². The zero-order chi connectivity index (χ0) is 20.5. The molecule has 1 heterocycles. The molecule has 0 spiro atoms. The third-order valence-electron chi connectivity index (χ3n) is 3.68. The van der Waals surface area contributed by atoms with Gasteiger partial charge in [0, 0.05) is 5.56 Å². The first-order valence-corrected chi connectivity index (χ1v) is 9.44. The Hall–Kier alpha value is -3.05. The van der Waals surface area contributed by atoms with E-state index in [-0.39, 0.29) is 24.6 Å². The van der Waals surface area contributed by atoms with Crippen LogP contribution in [0.2, 0.25) is 0 Å². The molecule has 0 saturated carbocycles. The fraction of sp³-hybridized carbons (Fsp3) is 0.300. The molecule has 0 saturated heterocycles. The SMILES string of the molecule is CCOC(=O)CC(=O)CSc1nc(-c2ccc(OC)c(OC)c2)ccc1C#N. The van der Waals surface area contributed by atoms with Crippen molar-refractivity contribution in [3.8, 4) is 28.8 Å². The number of carbonyl (C=O) groups is 2. The van der Waals surface area contributed by atoms with Gasteiger partial charge in [-0.3, -0.25) is 9.59 Å². The Labute approximate surface area is 167 Å². The molecule has 2 rings (SSSR count). The number of esters is 1. The number of hydrogen-bond acceptors (Lipinski definition) is 8. The van der Waals surface area contributed by atoms with Gasteiger partial charge in [0.2, 0.25) is 0 Å². The van der Waals surface area contributed by atoms with Gasteiger partial charge in [0.1, 0.15) is 17.5 Å². The van der Waals surface area contributed by atoms with Crippen molar-refractivity contribution in [2.45, 2.75) is 18.4 Å². The Morgan fingerprint density at radius 1 is 1.14 bits per heavy atom. The van der Waals surface area contributed by atoms with Gasteiger partial charge in [0.25, 0.3) is 0 Å². The maximum absolute atomic E-state index is 11.9. The predicted molar refractivity (Wildman–Crippen MR) is 104 cm³/mol. The standard InChI is InChI=1S/C20H20N2O5S/c1-4-27-19(24)10-15(23)12-28-20-14(11-21)5-7-16(22-20)13-6-8-17(25-2)18(9-13)26-3/h5-9H,4,10,12H2,1-3H3. The molecule has 7 nitrogen and oxygen atoms in total. The number of aromatic nitrogens is 1. The maximum Gasteiger partial charge on any atom is 0.313 e. The van der Waals surface area contributed by atoms with Gasteiger partial charge in [-0.25, -0.2) is 4.98 Å². The highest BCUT2D eigenvalue weighted by atomic mass is 32.2. The molecule has 0 aliphatic heterocycles. The fourth-order valence-electron chi connectivity index (χ4n) is 2.36. The zero-order valence-electron chi connectivity index (χ0n) is 15.9. The quantitative estimate of drug-likeness (QED) is 0.359. The largest absolute Gasteiger partial charge is 0.493 e. The van der Waals surface area contributed by atoms with E-state index in [9.17, 15) is 14.9 Å². The van der Waals surface area contributed by atoms with Gasteiger partial charge in [-0.05, 0) is 37.3 Å². The molecule has 2 aromatic rings. The Bertz CT molecular complexity index is 908. The zero-order valence-corrected chi connectivity index (χ0v) is 16.7. The highest BCUT2D eigenvalue weighted by molar-refractivity contribution is 8.00. The average Bonchev–Trinajstić information content (AvgIpc) is 2.71. The minimum absolute atomic E-state index is 0.0237. The average molecular weight is 400 g/mol. The minimum Gasteiger partial charge on any atom is -0.493 e. The van der Waals surface area contributed by atoms with Crippen LogP contribution in [-0.2, 0) is 14.3 Å². The molecule has 8 heteroatoms. The molecule has 28 heavy (non-hydrogen) atoms. The minimum atomic E-state index is -0.555. The van der Waals surface area contributed by atoms with Gasteiger partial charge in [0.05, 0.1) is 37.8 Å². The summed E-state index contributed by atoms with van der Waals surface area (Å²) in [6.07, 6.45) is -0.294. The number of hydrogen-bond donors (Lipinski definition) is 0. The lowest BCUT2D eigenvalue weighted by molar-refractivity contribution is -0.145. The highest BCUT2D eigenvalue weighted by Crippen LogP contribution is 2.33. The number of rotatable bonds is 9. The number of ether oxygens (including phenoxy) is 3. The van der Waals surface area contributed by atoms with E-state index in [1.807, 2.05) is 6.07 Å². The number of nitrogens with zero attached hydrogens (tertiary/aromatic N) is 2. The molecule has 0 aliphatic rings. The third-order valence-corrected chi connectivity index (χ3v) is 4.73. The number of thioether (sulfide) groups is 1. The third kappa shape index (κ3) is 5.47. The Balaban J connectivity index is 2.21. The molecule has 1 aromatic heterocycles.